The maximum atomic E-state index is 13.9. The molecule has 0 saturated carbocycles. The van der Waals surface area contributed by atoms with Crippen LogP contribution in [0.15, 0.2) is 24.5 Å². The van der Waals surface area contributed by atoms with E-state index in [1.165, 1.54) is 17.4 Å². The second-order valence-corrected chi connectivity index (χ2v) is 8.26. The van der Waals surface area contributed by atoms with Gasteiger partial charge >= 0.3 is 0 Å². The quantitative estimate of drug-likeness (QED) is 0.668. The lowest BCUT2D eigenvalue weighted by molar-refractivity contribution is 0.0765. The van der Waals surface area contributed by atoms with Crippen LogP contribution in [0.4, 0.5) is 13.9 Å². The lowest BCUT2D eigenvalue weighted by atomic mass is 9.96. The number of thiazole rings is 1. The van der Waals surface area contributed by atoms with Crippen molar-refractivity contribution < 1.29 is 13.6 Å². The summed E-state index contributed by atoms with van der Waals surface area (Å²) in [6, 6.07) is 2.19. The highest BCUT2D eigenvalue weighted by Crippen LogP contribution is 2.33. The monoisotopic (exact) mass is 405 g/mol. The number of fused-ring (bicyclic) bond motifs is 1. The molecule has 4 rings (SSSR count). The summed E-state index contributed by atoms with van der Waals surface area (Å²) >= 11 is 1.31. The molecule has 0 aliphatic carbocycles. The Hall–Kier alpha value is -2.55. The third-order valence-corrected chi connectivity index (χ3v) is 6.18. The van der Waals surface area contributed by atoms with Gasteiger partial charge in [0, 0.05) is 46.0 Å². The molecule has 1 aliphatic rings. The zero-order valence-corrected chi connectivity index (χ0v) is 16.5. The van der Waals surface area contributed by atoms with E-state index in [0.717, 1.165) is 37.1 Å². The SMILES string of the molecule is CN(CC1CCN(c2nc3c(F)cc(F)cc3s2)CC1)C(=O)c1cnn(C)c1. The number of anilines is 1. The third-order valence-electron chi connectivity index (χ3n) is 5.12. The van der Waals surface area contributed by atoms with Gasteiger partial charge < -0.3 is 9.80 Å². The Morgan fingerprint density at radius 3 is 2.75 bits per heavy atom. The van der Waals surface area contributed by atoms with Gasteiger partial charge in [0.25, 0.3) is 5.91 Å². The fraction of sp³-hybridized carbons (Fsp3) is 0.421. The van der Waals surface area contributed by atoms with Gasteiger partial charge in [-0.05, 0) is 24.8 Å². The van der Waals surface area contributed by atoms with E-state index in [2.05, 4.69) is 15.0 Å². The molecule has 1 amide bonds. The zero-order valence-electron chi connectivity index (χ0n) is 15.7. The molecule has 2 aromatic heterocycles. The molecule has 0 bridgehead atoms. The van der Waals surface area contributed by atoms with E-state index in [4.69, 9.17) is 0 Å². The Balaban J connectivity index is 1.37. The number of halogens is 2. The number of carbonyl (C=O) groups is 1. The van der Waals surface area contributed by atoms with E-state index < -0.39 is 11.6 Å². The number of hydrogen-bond acceptors (Lipinski definition) is 5. The second kappa shape index (κ2) is 7.46. The summed E-state index contributed by atoms with van der Waals surface area (Å²) < 4.78 is 29.4. The lowest BCUT2D eigenvalue weighted by Gasteiger charge is -2.33. The first-order chi connectivity index (χ1) is 13.4. The number of benzene rings is 1. The van der Waals surface area contributed by atoms with Gasteiger partial charge in [0.1, 0.15) is 11.3 Å². The second-order valence-electron chi connectivity index (χ2n) is 7.25. The minimum Gasteiger partial charge on any atom is -0.348 e. The summed E-state index contributed by atoms with van der Waals surface area (Å²) in [7, 11) is 3.60. The fourth-order valence-electron chi connectivity index (χ4n) is 3.61. The number of rotatable bonds is 4. The molecule has 9 heteroatoms. The van der Waals surface area contributed by atoms with Crippen molar-refractivity contribution in [2.45, 2.75) is 12.8 Å². The van der Waals surface area contributed by atoms with Crippen molar-refractivity contribution in [3.63, 3.8) is 0 Å². The molecule has 3 aromatic rings. The van der Waals surface area contributed by atoms with Crippen molar-refractivity contribution in [2.75, 3.05) is 31.6 Å². The van der Waals surface area contributed by atoms with Gasteiger partial charge in [0.05, 0.1) is 16.5 Å². The normalized spacial score (nSPS) is 15.4. The van der Waals surface area contributed by atoms with Gasteiger partial charge in [-0.2, -0.15) is 5.10 Å². The molecule has 1 saturated heterocycles. The largest absolute Gasteiger partial charge is 0.348 e. The average Bonchev–Trinajstić information content (AvgIpc) is 3.28. The molecule has 148 valence electrons. The molecule has 0 atom stereocenters. The number of aromatic nitrogens is 3. The van der Waals surface area contributed by atoms with Crippen LogP contribution in [-0.4, -0.2) is 52.3 Å². The Morgan fingerprint density at radius 2 is 2.07 bits per heavy atom. The maximum Gasteiger partial charge on any atom is 0.256 e. The van der Waals surface area contributed by atoms with Crippen molar-refractivity contribution in [2.24, 2.45) is 13.0 Å². The van der Waals surface area contributed by atoms with Gasteiger partial charge in [-0.25, -0.2) is 13.8 Å². The van der Waals surface area contributed by atoms with Crippen LogP contribution in [0.2, 0.25) is 0 Å². The number of carbonyl (C=O) groups excluding carboxylic acids is 1. The third kappa shape index (κ3) is 3.71. The predicted octanol–water partition coefficient (Wildman–Crippen LogP) is 3.30. The van der Waals surface area contributed by atoms with E-state index in [9.17, 15) is 13.6 Å². The highest BCUT2D eigenvalue weighted by molar-refractivity contribution is 7.22. The first-order valence-electron chi connectivity index (χ1n) is 9.15. The molecular weight excluding hydrogens is 384 g/mol. The molecule has 28 heavy (non-hydrogen) atoms. The standard InChI is InChI=1S/C19H21F2N5OS/c1-24(18(27)13-9-22-25(2)11-13)10-12-3-5-26(6-4-12)19-23-17-15(21)7-14(20)8-16(17)28-19/h7-9,11-12H,3-6,10H2,1-2H3. The number of piperidine rings is 1. The van der Waals surface area contributed by atoms with Gasteiger partial charge in [-0.15, -0.1) is 0 Å². The molecule has 6 nitrogen and oxygen atoms in total. The van der Waals surface area contributed by atoms with E-state index in [0.29, 0.717) is 22.7 Å². The van der Waals surface area contributed by atoms with Crippen LogP contribution in [0.1, 0.15) is 23.2 Å². The molecule has 1 fully saturated rings. The minimum atomic E-state index is -0.622. The predicted molar refractivity (Wildman–Crippen MR) is 105 cm³/mol. The Kier molecular flexibility index (Phi) is 5.01. The van der Waals surface area contributed by atoms with Crippen LogP contribution >= 0.6 is 11.3 Å². The van der Waals surface area contributed by atoms with Crippen molar-refractivity contribution in [1.29, 1.82) is 0 Å². The Bertz CT molecular complexity index is 1010. The topological polar surface area (TPSA) is 54.3 Å². The van der Waals surface area contributed by atoms with Gasteiger partial charge in [0.15, 0.2) is 10.9 Å². The molecule has 0 unspecified atom stereocenters. The molecule has 3 heterocycles. The number of hydrogen-bond donors (Lipinski definition) is 0. The molecule has 0 N–H and O–H groups in total. The molecule has 1 aromatic carbocycles. The first-order valence-corrected chi connectivity index (χ1v) is 9.97. The van der Waals surface area contributed by atoms with Crippen LogP contribution in [0.5, 0.6) is 0 Å². The fourth-order valence-corrected chi connectivity index (χ4v) is 4.67. The lowest BCUT2D eigenvalue weighted by Crippen LogP contribution is -2.39. The Morgan fingerprint density at radius 1 is 1.32 bits per heavy atom. The Labute approximate surface area is 165 Å². The van der Waals surface area contributed by atoms with E-state index >= 15 is 0 Å². The van der Waals surface area contributed by atoms with E-state index in [-0.39, 0.29) is 11.4 Å². The van der Waals surface area contributed by atoms with Crippen molar-refractivity contribution in [3.05, 3.63) is 41.7 Å². The van der Waals surface area contributed by atoms with Crippen LogP contribution in [0, 0.1) is 17.6 Å². The van der Waals surface area contributed by atoms with Gasteiger partial charge in [0.2, 0.25) is 0 Å². The summed E-state index contributed by atoms with van der Waals surface area (Å²) in [5.41, 5.74) is 0.816. The molecule has 0 spiro atoms. The summed E-state index contributed by atoms with van der Waals surface area (Å²) in [6.45, 7) is 2.24. The number of nitrogens with zero attached hydrogens (tertiary/aromatic N) is 5. The van der Waals surface area contributed by atoms with Gasteiger partial charge in [-0.1, -0.05) is 11.3 Å². The minimum absolute atomic E-state index is 0.0285. The summed E-state index contributed by atoms with van der Waals surface area (Å²) in [4.78, 5) is 20.7. The van der Waals surface area contributed by atoms with Crippen molar-refractivity contribution >= 4 is 32.6 Å². The van der Waals surface area contributed by atoms with Crippen LogP contribution in [-0.2, 0) is 7.05 Å². The molecule has 0 radical (unpaired) electrons. The summed E-state index contributed by atoms with van der Waals surface area (Å²) in [5.74, 6) is -0.840. The highest BCUT2D eigenvalue weighted by atomic mass is 32.1. The zero-order chi connectivity index (χ0) is 19.8. The number of aryl methyl sites for hydroxylation is 1. The highest BCUT2D eigenvalue weighted by Gasteiger charge is 2.25. The first kappa shape index (κ1) is 18.8. The average molecular weight is 405 g/mol. The van der Waals surface area contributed by atoms with Crippen LogP contribution < -0.4 is 4.90 Å². The summed E-state index contributed by atoms with van der Waals surface area (Å²) in [5, 5.41) is 4.77. The maximum absolute atomic E-state index is 13.9. The van der Waals surface area contributed by atoms with Crippen molar-refractivity contribution in [1.82, 2.24) is 19.7 Å². The number of amides is 1. The molecule has 1 aliphatic heterocycles. The van der Waals surface area contributed by atoms with E-state index in [1.54, 1.807) is 29.0 Å². The summed E-state index contributed by atoms with van der Waals surface area (Å²) in [6.07, 6.45) is 5.13. The van der Waals surface area contributed by atoms with Crippen molar-refractivity contribution in [3.8, 4) is 0 Å². The smallest absolute Gasteiger partial charge is 0.256 e. The van der Waals surface area contributed by atoms with Crippen LogP contribution in [0.3, 0.4) is 0 Å². The van der Waals surface area contributed by atoms with Gasteiger partial charge in [-0.3, -0.25) is 9.48 Å². The van der Waals surface area contributed by atoms with E-state index in [1.807, 2.05) is 7.05 Å². The molecular formula is C19H21F2N5OS. The van der Waals surface area contributed by atoms with Crippen LogP contribution in [0.25, 0.3) is 10.2 Å².